The molecule has 0 aromatic heterocycles. The molecule has 37 heavy (non-hydrogen) atoms. The van der Waals surface area contributed by atoms with Crippen LogP contribution >= 0.6 is 0 Å². The summed E-state index contributed by atoms with van der Waals surface area (Å²) in [7, 11) is 0. The molecule has 4 rings (SSSR count). The van der Waals surface area contributed by atoms with Crippen LogP contribution in [0.4, 0.5) is 9.18 Å². The fourth-order valence-corrected chi connectivity index (χ4v) is 4.57. The number of ether oxygens (including phenoxy) is 1. The summed E-state index contributed by atoms with van der Waals surface area (Å²) in [5, 5.41) is 8.93. The standard InChI is InChI=1S/C28H36FN5O3/c1-3-12-30-28(36)33(14-13-32-15-17-37-18-16-32)20-27(35)34-26(22-10-8-21(2)9-11-22)19-25(31-34)23-6-4-5-7-24(23)29/h4-11,26H,3,12-20H2,1-2H3,(H,30,36)/t26-/m1/s1. The van der Waals surface area contributed by atoms with Gasteiger partial charge in [0.25, 0.3) is 5.91 Å². The zero-order valence-corrected chi connectivity index (χ0v) is 21.7. The lowest BCUT2D eigenvalue weighted by molar-refractivity contribution is -0.133. The van der Waals surface area contributed by atoms with Gasteiger partial charge in [0.05, 0.1) is 25.0 Å². The van der Waals surface area contributed by atoms with Gasteiger partial charge in [-0.2, -0.15) is 5.10 Å². The summed E-state index contributed by atoms with van der Waals surface area (Å²) < 4.78 is 20.0. The van der Waals surface area contributed by atoms with Crippen LogP contribution in [0.25, 0.3) is 0 Å². The molecule has 9 heteroatoms. The maximum atomic E-state index is 14.6. The van der Waals surface area contributed by atoms with Gasteiger partial charge in [-0.05, 0) is 25.0 Å². The molecule has 0 unspecified atom stereocenters. The predicted molar refractivity (Wildman–Crippen MR) is 141 cm³/mol. The van der Waals surface area contributed by atoms with Crippen molar-refractivity contribution in [1.29, 1.82) is 0 Å². The third-order valence-electron chi connectivity index (χ3n) is 6.74. The lowest BCUT2D eigenvalue weighted by atomic mass is 9.97. The van der Waals surface area contributed by atoms with E-state index in [-0.39, 0.29) is 30.3 Å². The molecule has 198 valence electrons. The number of hydrogen-bond acceptors (Lipinski definition) is 5. The first-order valence-corrected chi connectivity index (χ1v) is 13.0. The van der Waals surface area contributed by atoms with Gasteiger partial charge in [0, 0.05) is 44.7 Å². The van der Waals surface area contributed by atoms with Crippen molar-refractivity contribution in [3.05, 3.63) is 71.0 Å². The monoisotopic (exact) mass is 509 g/mol. The molecule has 0 aliphatic carbocycles. The Kier molecular flexibility index (Phi) is 9.24. The molecule has 0 saturated carbocycles. The number of urea groups is 1. The van der Waals surface area contributed by atoms with E-state index < -0.39 is 0 Å². The Hall–Kier alpha value is -3.30. The van der Waals surface area contributed by atoms with Crippen molar-refractivity contribution < 1.29 is 18.7 Å². The van der Waals surface area contributed by atoms with Crippen molar-refractivity contribution in [1.82, 2.24) is 20.1 Å². The fourth-order valence-electron chi connectivity index (χ4n) is 4.57. The smallest absolute Gasteiger partial charge is 0.317 e. The highest BCUT2D eigenvalue weighted by atomic mass is 19.1. The number of hydrazone groups is 1. The van der Waals surface area contributed by atoms with E-state index in [4.69, 9.17) is 4.74 Å². The molecule has 1 saturated heterocycles. The van der Waals surface area contributed by atoms with Crippen LogP contribution in [0.1, 0.15) is 42.5 Å². The summed E-state index contributed by atoms with van der Waals surface area (Å²) in [5.41, 5.74) is 2.94. The van der Waals surface area contributed by atoms with Crippen molar-refractivity contribution in [2.24, 2.45) is 5.10 Å². The van der Waals surface area contributed by atoms with Crippen LogP contribution in [-0.2, 0) is 9.53 Å². The minimum atomic E-state index is -0.373. The van der Waals surface area contributed by atoms with Gasteiger partial charge >= 0.3 is 6.03 Å². The fraction of sp³-hybridized carbons (Fsp3) is 0.464. The van der Waals surface area contributed by atoms with E-state index in [1.54, 1.807) is 23.1 Å². The largest absolute Gasteiger partial charge is 0.379 e. The predicted octanol–water partition coefficient (Wildman–Crippen LogP) is 3.57. The van der Waals surface area contributed by atoms with Crippen LogP contribution in [0.5, 0.6) is 0 Å². The number of morpholine rings is 1. The van der Waals surface area contributed by atoms with Crippen molar-refractivity contribution in [3.63, 3.8) is 0 Å². The maximum Gasteiger partial charge on any atom is 0.317 e. The van der Waals surface area contributed by atoms with Crippen molar-refractivity contribution in [3.8, 4) is 0 Å². The molecule has 2 aliphatic heterocycles. The minimum absolute atomic E-state index is 0.115. The van der Waals surface area contributed by atoms with Gasteiger partial charge in [0.1, 0.15) is 12.4 Å². The molecule has 2 heterocycles. The Labute approximate surface area is 218 Å². The van der Waals surface area contributed by atoms with E-state index >= 15 is 0 Å². The summed E-state index contributed by atoms with van der Waals surface area (Å²) in [4.78, 5) is 30.4. The Balaban J connectivity index is 1.55. The van der Waals surface area contributed by atoms with Crippen LogP contribution in [0.2, 0.25) is 0 Å². The first kappa shape index (κ1) is 26.8. The van der Waals surface area contributed by atoms with Crippen molar-refractivity contribution in [2.45, 2.75) is 32.7 Å². The van der Waals surface area contributed by atoms with Gasteiger partial charge < -0.3 is 15.0 Å². The molecular formula is C28H36FN5O3. The second-order valence-electron chi connectivity index (χ2n) is 9.50. The Morgan fingerprint density at radius 2 is 1.86 bits per heavy atom. The average molecular weight is 510 g/mol. The third-order valence-corrected chi connectivity index (χ3v) is 6.74. The number of carbonyl (C=O) groups excluding carboxylic acids is 2. The molecule has 2 aromatic carbocycles. The quantitative estimate of drug-likeness (QED) is 0.561. The van der Waals surface area contributed by atoms with Gasteiger partial charge in [-0.1, -0.05) is 55.0 Å². The van der Waals surface area contributed by atoms with Gasteiger partial charge in [-0.15, -0.1) is 0 Å². The number of aryl methyl sites for hydroxylation is 1. The first-order chi connectivity index (χ1) is 18.0. The number of carbonyl (C=O) groups is 2. The van der Waals surface area contributed by atoms with E-state index in [2.05, 4.69) is 15.3 Å². The maximum absolute atomic E-state index is 14.6. The topological polar surface area (TPSA) is 77.5 Å². The molecule has 0 bridgehead atoms. The number of nitrogens with zero attached hydrogens (tertiary/aromatic N) is 4. The molecule has 2 aliphatic rings. The van der Waals surface area contributed by atoms with Gasteiger partial charge in [0.2, 0.25) is 0 Å². The van der Waals surface area contributed by atoms with Gasteiger partial charge in [-0.3, -0.25) is 9.69 Å². The van der Waals surface area contributed by atoms with E-state index in [0.717, 1.165) is 30.6 Å². The minimum Gasteiger partial charge on any atom is -0.379 e. The van der Waals surface area contributed by atoms with Crippen molar-refractivity contribution >= 4 is 17.6 Å². The lowest BCUT2D eigenvalue weighted by Crippen LogP contribution is -2.49. The summed E-state index contributed by atoms with van der Waals surface area (Å²) in [5.74, 6) is -0.671. The van der Waals surface area contributed by atoms with Gasteiger partial charge in [0.15, 0.2) is 0 Å². The summed E-state index contributed by atoms with van der Waals surface area (Å²) in [6.45, 7) is 8.41. The van der Waals surface area contributed by atoms with Crippen LogP contribution in [0.3, 0.4) is 0 Å². The molecule has 8 nitrogen and oxygen atoms in total. The van der Waals surface area contributed by atoms with Gasteiger partial charge in [-0.25, -0.2) is 14.2 Å². The zero-order valence-electron chi connectivity index (χ0n) is 21.7. The second kappa shape index (κ2) is 12.8. The lowest BCUT2D eigenvalue weighted by Gasteiger charge is -2.31. The Morgan fingerprint density at radius 3 is 2.57 bits per heavy atom. The number of amides is 3. The number of rotatable bonds is 9. The van der Waals surface area contributed by atoms with Crippen LogP contribution in [0.15, 0.2) is 53.6 Å². The highest BCUT2D eigenvalue weighted by Crippen LogP contribution is 2.33. The summed E-state index contributed by atoms with van der Waals surface area (Å²) >= 11 is 0. The highest BCUT2D eigenvalue weighted by molar-refractivity contribution is 6.03. The molecular weight excluding hydrogens is 473 g/mol. The van der Waals surface area contributed by atoms with Crippen LogP contribution in [-0.4, -0.2) is 84.9 Å². The molecule has 0 radical (unpaired) electrons. The van der Waals surface area contributed by atoms with E-state index in [1.807, 2.05) is 38.1 Å². The van der Waals surface area contributed by atoms with E-state index in [9.17, 15) is 14.0 Å². The Morgan fingerprint density at radius 1 is 1.14 bits per heavy atom. The van der Waals surface area contributed by atoms with Crippen LogP contribution in [0, 0.1) is 12.7 Å². The number of hydrogen-bond donors (Lipinski definition) is 1. The molecule has 1 atom stereocenters. The molecule has 3 amide bonds. The third kappa shape index (κ3) is 6.93. The zero-order chi connectivity index (χ0) is 26.2. The number of nitrogens with one attached hydrogen (secondary N) is 1. The first-order valence-electron chi connectivity index (χ1n) is 13.0. The molecule has 0 spiro atoms. The molecule has 1 N–H and O–H groups in total. The summed E-state index contributed by atoms with van der Waals surface area (Å²) in [6, 6.07) is 13.8. The average Bonchev–Trinajstić information content (AvgIpc) is 3.36. The highest BCUT2D eigenvalue weighted by Gasteiger charge is 2.35. The SMILES string of the molecule is CCCNC(=O)N(CCN1CCOCC1)CC(=O)N1N=C(c2ccccc2F)C[C@@H]1c1ccc(C)cc1. The second-order valence-corrected chi connectivity index (χ2v) is 9.50. The molecule has 1 fully saturated rings. The molecule has 2 aromatic rings. The van der Waals surface area contributed by atoms with E-state index in [0.29, 0.717) is 50.5 Å². The normalized spacial score (nSPS) is 18.0. The summed E-state index contributed by atoms with van der Waals surface area (Å²) in [6.07, 6.45) is 1.19. The van der Waals surface area contributed by atoms with Crippen LogP contribution < -0.4 is 5.32 Å². The van der Waals surface area contributed by atoms with E-state index in [1.165, 1.54) is 11.1 Å². The number of halogens is 1. The van der Waals surface area contributed by atoms with Crippen molar-refractivity contribution in [2.75, 3.05) is 52.5 Å². The number of benzene rings is 2. The Bertz CT molecular complexity index is 1100.